The van der Waals surface area contributed by atoms with E-state index in [-0.39, 0.29) is 12.0 Å². The van der Waals surface area contributed by atoms with Gasteiger partial charge in [0.05, 0.1) is 0 Å². The number of rotatable bonds is 12. The largest absolute Gasteiger partial charge is 0.451 e. The Hall–Kier alpha value is -0.225. The first kappa shape index (κ1) is 22.8. The third kappa shape index (κ3) is 7.50. The molecule has 148 valence electrons. The molecule has 0 aromatic rings. The Morgan fingerprint density at radius 2 is 1.84 bits per heavy atom. The maximum Gasteiger partial charge on any atom is 0.451 e. The Bertz CT molecular complexity index is 478. The van der Waals surface area contributed by atoms with Crippen molar-refractivity contribution in [1.29, 1.82) is 0 Å². The Kier molecular flexibility index (Phi) is 9.87. The molecule has 25 heavy (non-hydrogen) atoms. The van der Waals surface area contributed by atoms with Crippen molar-refractivity contribution in [3.63, 3.8) is 0 Å². The lowest BCUT2D eigenvalue weighted by molar-refractivity contribution is 0.307. The predicted octanol–water partition coefficient (Wildman–Crippen LogP) is -0.593. The molecule has 4 N–H and O–H groups in total. The second-order valence-corrected chi connectivity index (χ2v) is 9.14. The number of likely N-dealkylation sites (N-methyl/N-ethyl adjacent to an activating group) is 1. The minimum Gasteiger partial charge on any atom is -0.427 e. The fraction of sp³-hybridized carbons (Fsp3) is 1.00. The first-order chi connectivity index (χ1) is 11.7. The molecule has 1 aliphatic rings. The van der Waals surface area contributed by atoms with Crippen LogP contribution in [-0.4, -0.2) is 92.0 Å². The highest BCUT2D eigenvalue weighted by atomic mass is 32.2. The van der Waals surface area contributed by atoms with E-state index in [0.717, 1.165) is 12.8 Å². The lowest BCUT2D eigenvalue weighted by Gasteiger charge is -2.28. The molecule has 0 saturated carbocycles. The van der Waals surface area contributed by atoms with E-state index < -0.39 is 17.3 Å². The number of unbranched alkanes of at least 4 members (excludes halogenated alkanes) is 1. The van der Waals surface area contributed by atoms with Gasteiger partial charge in [-0.1, -0.05) is 19.8 Å². The molecule has 0 aromatic carbocycles. The Balaban J connectivity index is 2.70. The second-order valence-electron chi connectivity index (χ2n) is 7.22. The molecule has 0 spiro atoms. The minimum atomic E-state index is -3.51. The highest BCUT2D eigenvalue weighted by Crippen LogP contribution is 2.25. The molecule has 1 fully saturated rings. The monoisotopic (exact) mass is 378 g/mol. The van der Waals surface area contributed by atoms with Crippen LogP contribution in [0.4, 0.5) is 0 Å². The molecule has 0 bridgehead atoms. The summed E-state index contributed by atoms with van der Waals surface area (Å²) in [7, 11) is -0.962. The van der Waals surface area contributed by atoms with Gasteiger partial charge in [-0.25, -0.2) is 0 Å². The summed E-state index contributed by atoms with van der Waals surface area (Å²) in [4.78, 5) is 1.98. The summed E-state index contributed by atoms with van der Waals surface area (Å²) in [6.45, 7) is 4.48. The molecule has 1 heterocycles. The zero-order valence-electron chi connectivity index (χ0n) is 15.8. The van der Waals surface area contributed by atoms with Gasteiger partial charge >= 0.3 is 7.12 Å². The zero-order valence-corrected chi connectivity index (χ0v) is 16.7. The van der Waals surface area contributed by atoms with Crippen LogP contribution < -0.4 is 5.73 Å². The fourth-order valence-electron chi connectivity index (χ4n) is 3.06. The molecule has 1 saturated heterocycles. The van der Waals surface area contributed by atoms with Crippen molar-refractivity contribution in [3.05, 3.63) is 0 Å². The van der Waals surface area contributed by atoms with Crippen molar-refractivity contribution in [2.45, 2.75) is 45.0 Å². The van der Waals surface area contributed by atoms with E-state index in [9.17, 15) is 8.42 Å². The van der Waals surface area contributed by atoms with Crippen LogP contribution in [0.15, 0.2) is 0 Å². The maximum absolute atomic E-state index is 13.0. The molecule has 0 aliphatic carbocycles. The molecular formula is C15H35BN4O4S. The van der Waals surface area contributed by atoms with Crippen LogP contribution in [0, 0.1) is 5.92 Å². The number of hydrogen-bond acceptors (Lipinski definition) is 6. The van der Waals surface area contributed by atoms with Crippen molar-refractivity contribution in [1.82, 2.24) is 13.5 Å². The van der Waals surface area contributed by atoms with E-state index in [1.54, 1.807) is 4.31 Å². The summed E-state index contributed by atoms with van der Waals surface area (Å²) in [6, 6.07) is -0.201. The van der Waals surface area contributed by atoms with Crippen molar-refractivity contribution in [2.24, 2.45) is 11.7 Å². The summed E-state index contributed by atoms with van der Waals surface area (Å²) in [5.41, 5.74) is 6.15. The standard InChI is InChI=1S/C15H35BN4O4S/c1-4-5-9-19(11-10-18(2)3)25(23,24)20-12-14(15(17)13-20)7-6-8-16(21)22/h14-15,21-22H,4-13,17H2,1-3H3/t14-,15-/m0/s1. The first-order valence-corrected chi connectivity index (χ1v) is 10.6. The average molecular weight is 378 g/mol. The van der Waals surface area contributed by atoms with Gasteiger partial charge in [-0.2, -0.15) is 17.0 Å². The third-order valence-electron chi connectivity index (χ3n) is 4.71. The lowest BCUT2D eigenvalue weighted by Crippen LogP contribution is -2.46. The van der Waals surface area contributed by atoms with Gasteiger partial charge in [0.1, 0.15) is 0 Å². The summed E-state index contributed by atoms with van der Waals surface area (Å²) < 4.78 is 29.1. The fourth-order valence-corrected chi connectivity index (χ4v) is 4.80. The Morgan fingerprint density at radius 1 is 1.16 bits per heavy atom. The van der Waals surface area contributed by atoms with Crippen molar-refractivity contribution in [3.8, 4) is 0 Å². The van der Waals surface area contributed by atoms with E-state index in [2.05, 4.69) is 0 Å². The molecule has 0 aromatic heterocycles. The summed E-state index contributed by atoms with van der Waals surface area (Å²) in [5.74, 6) is 0.0652. The summed E-state index contributed by atoms with van der Waals surface area (Å²) in [6.07, 6.45) is 3.41. The quantitative estimate of drug-likeness (QED) is 0.392. The molecule has 10 heteroatoms. The van der Waals surface area contributed by atoms with Crippen LogP contribution >= 0.6 is 0 Å². The predicted molar refractivity (Wildman–Crippen MR) is 101 cm³/mol. The number of nitrogens with two attached hydrogens (primary N) is 1. The molecular weight excluding hydrogens is 343 g/mol. The van der Waals surface area contributed by atoms with Gasteiger partial charge in [0.25, 0.3) is 10.2 Å². The Labute approximate surface area is 153 Å². The Morgan fingerprint density at radius 3 is 2.40 bits per heavy atom. The lowest BCUT2D eigenvalue weighted by atomic mass is 9.82. The first-order valence-electron chi connectivity index (χ1n) is 9.20. The van der Waals surface area contributed by atoms with Gasteiger partial charge < -0.3 is 20.7 Å². The summed E-state index contributed by atoms with van der Waals surface area (Å²) in [5, 5.41) is 17.9. The van der Waals surface area contributed by atoms with Gasteiger partial charge in [-0.3, -0.25) is 0 Å². The van der Waals surface area contributed by atoms with Crippen LogP contribution in [0.1, 0.15) is 32.6 Å². The van der Waals surface area contributed by atoms with Gasteiger partial charge in [0.2, 0.25) is 0 Å². The van der Waals surface area contributed by atoms with Crippen molar-refractivity contribution >= 4 is 17.3 Å². The zero-order chi connectivity index (χ0) is 19.0. The average Bonchev–Trinajstić information content (AvgIpc) is 2.88. The molecule has 0 unspecified atom stereocenters. The van der Waals surface area contributed by atoms with Crippen LogP contribution in [0.3, 0.4) is 0 Å². The normalized spacial score (nSPS) is 22.2. The van der Waals surface area contributed by atoms with Crippen LogP contribution in [0.5, 0.6) is 0 Å². The summed E-state index contributed by atoms with van der Waals surface area (Å²) >= 11 is 0. The third-order valence-corrected chi connectivity index (χ3v) is 6.67. The molecule has 2 atom stereocenters. The maximum atomic E-state index is 13.0. The van der Waals surface area contributed by atoms with Crippen LogP contribution in [0.25, 0.3) is 0 Å². The van der Waals surface area contributed by atoms with Crippen molar-refractivity contribution in [2.75, 3.05) is 46.8 Å². The van der Waals surface area contributed by atoms with Crippen molar-refractivity contribution < 1.29 is 18.5 Å². The molecule has 0 radical (unpaired) electrons. The van der Waals surface area contributed by atoms with Gasteiger partial charge in [-0.15, -0.1) is 0 Å². The molecule has 0 amide bonds. The molecule has 1 aliphatic heterocycles. The minimum absolute atomic E-state index is 0.0652. The molecule has 8 nitrogen and oxygen atoms in total. The highest BCUT2D eigenvalue weighted by Gasteiger charge is 2.39. The van der Waals surface area contributed by atoms with E-state index in [1.807, 2.05) is 25.9 Å². The van der Waals surface area contributed by atoms with E-state index in [1.165, 1.54) is 4.31 Å². The number of nitrogens with zero attached hydrogens (tertiary/aromatic N) is 3. The second kappa shape index (κ2) is 10.8. The molecule has 1 rings (SSSR count). The SMILES string of the molecule is CCCCN(CCN(C)C)S(=O)(=O)N1C[C@H](CCCB(O)O)[C@@H](N)C1. The van der Waals surface area contributed by atoms with Gasteiger partial charge in [0.15, 0.2) is 0 Å². The highest BCUT2D eigenvalue weighted by molar-refractivity contribution is 7.86. The van der Waals surface area contributed by atoms with Gasteiger partial charge in [0, 0.05) is 38.8 Å². The van der Waals surface area contributed by atoms with Gasteiger partial charge in [-0.05, 0) is 39.2 Å². The topological polar surface area (TPSA) is 110 Å². The van der Waals surface area contributed by atoms with E-state index in [0.29, 0.717) is 51.9 Å². The smallest absolute Gasteiger partial charge is 0.427 e. The number of hydrogen-bond donors (Lipinski definition) is 3. The van der Waals surface area contributed by atoms with Crippen LogP contribution in [0.2, 0.25) is 6.32 Å². The van der Waals surface area contributed by atoms with E-state index in [4.69, 9.17) is 15.8 Å². The van der Waals surface area contributed by atoms with E-state index >= 15 is 0 Å². The van der Waals surface area contributed by atoms with Crippen LogP contribution in [-0.2, 0) is 10.2 Å².